The Morgan fingerprint density at radius 1 is 1.03 bits per heavy atom. The third-order valence-corrected chi connectivity index (χ3v) is 7.13. The topological polar surface area (TPSA) is 82.8 Å². The number of nitrogens with zero attached hydrogens (tertiary/aromatic N) is 5. The summed E-state index contributed by atoms with van der Waals surface area (Å²) in [5.74, 6) is 0.229. The van der Waals surface area contributed by atoms with Crippen LogP contribution in [0.2, 0.25) is 0 Å². The van der Waals surface area contributed by atoms with Gasteiger partial charge in [-0.1, -0.05) is 12.1 Å². The van der Waals surface area contributed by atoms with E-state index in [1.807, 2.05) is 17.0 Å². The minimum absolute atomic E-state index is 0.0212. The Morgan fingerprint density at radius 3 is 2.51 bits per heavy atom. The van der Waals surface area contributed by atoms with Crippen LogP contribution < -0.4 is 26.4 Å². The number of piperidine rings is 1. The minimum Gasteiger partial charge on any atom is -0.367 e. The number of halogens is 1. The molecule has 0 aliphatic carbocycles. The minimum atomic E-state index is -0.367. The smallest absolute Gasteiger partial charge is 0.332 e. The highest BCUT2D eigenvalue weighted by Gasteiger charge is 2.27. The van der Waals surface area contributed by atoms with Crippen molar-refractivity contribution in [3.63, 3.8) is 0 Å². The summed E-state index contributed by atoms with van der Waals surface area (Å²) >= 11 is 0. The molecule has 2 aliphatic heterocycles. The number of hydrogen-bond donors (Lipinski definition) is 1. The van der Waals surface area contributed by atoms with E-state index in [2.05, 4.69) is 15.1 Å². The molecule has 10 heteroatoms. The molecular weight excluding hydrogens is 451 g/mol. The van der Waals surface area contributed by atoms with E-state index >= 15 is 0 Å². The largest absolute Gasteiger partial charge is 0.367 e. The number of rotatable bonds is 7. The molecule has 0 saturated carbocycles. The zero-order valence-electron chi connectivity index (χ0n) is 20.6. The van der Waals surface area contributed by atoms with Crippen LogP contribution in [0.4, 0.5) is 15.9 Å². The van der Waals surface area contributed by atoms with Crippen molar-refractivity contribution in [2.45, 2.75) is 19.3 Å². The molecule has 1 N–H and O–H groups in total. The van der Waals surface area contributed by atoms with Gasteiger partial charge in [0.05, 0.1) is 11.6 Å². The molecule has 0 spiro atoms. The quantitative estimate of drug-likeness (QED) is 0.583. The van der Waals surface area contributed by atoms with Gasteiger partial charge in [-0.05, 0) is 37.9 Å². The van der Waals surface area contributed by atoms with Gasteiger partial charge in [-0.25, -0.2) is 9.18 Å². The van der Waals surface area contributed by atoms with Crippen molar-refractivity contribution in [1.29, 1.82) is 0 Å². The van der Waals surface area contributed by atoms with Gasteiger partial charge in [0.2, 0.25) is 5.91 Å². The van der Waals surface area contributed by atoms with Gasteiger partial charge in [0.25, 0.3) is 5.56 Å². The maximum Gasteiger partial charge on any atom is 0.332 e. The number of anilines is 2. The average Bonchev–Trinajstić information content (AvgIpc) is 2.88. The maximum absolute atomic E-state index is 14.0. The van der Waals surface area contributed by atoms with Crippen molar-refractivity contribution < 1.29 is 9.18 Å². The summed E-state index contributed by atoms with van der Waals surface area (Å²) in [6, 6.07) is 8.36. The molecule has 2 fully saturated rings. The van der Waals surface area contributed by atoms with Gasteiger partial charge >= 0.3 is 5.69 Å². The van der Waals surface area contributed by atoms with Crippen molar-refractivity contribution >= 4 is 17.4 Å². The lowest BCUT2D eigenvalue weighted by molar-refractivity contribution is -0.125. The molecular formula is C25H35FN6O3. The molecule has 0 bridgehead atoms. The predicted octanol–water partition coefficient (Wildman–Crippen LogP) is 0.768. The summed E-state index contributed by atoms with van der Waals surface area (Å²) in [5, 5.41) is 3.07. The van der Waals surface area contributed by atoms with Crippen LogP contribution in [0.25, 0.3) is 0 Å². The van der Waals surface area contributed by atoms with E-state index in [9.17, 15) is 18.8 Å². The van der Waals surface area contributed by atoms with Crippen LogP contribution in [0, 0.1) is 11.7 Å². The summed E-state index contributed by atoms with van der Waals surface area (Å²) in [6.45, 7) is 6.01. The summed E-state index contributed by atoms with van der Waals surface area (Å²) in [5.41, 5.74) is -0.0462. The highest BCUT2D eigenvalue weighted by Crippen LogP contribution is 2.22. The number of para-hydroxylation sites is 1. The molecule has 1 aromatic carbocycles. The first-order chi connectivity index (χ1) is 16.8. The predicted molar refractivity (Wildman–Crippen MR) is 135 cm³/mol. The number of aromatic nitrogens is 2. The van der Waals surface area contributed by atoms with Crippen molar-refractivity contribution in [2.75, 3.05) is 62.2 Å². The Bertz CT molecular complexity index is 1150. The lowest BCUT2D eigenvalue weighted by atomic mass is 9.97. The summed E-state index contributed by atoms with van der Waals surface area (Å²) in [4.78, 5) is 43.6. The van der Waals surface area contributed by atoms with E-state index < -0.39 is 0 Å². The van der Waals surface area contributed by atoms with E-state index in [0.29, 0.717) is 31.1 Å². The molecule has 35 heavy (non-hydrogen) atoms. The number of benzene rings is 1. The highest BCUT2D eigenvalue weighted by atomic mass is 19.1. The second kappa shape index (κ2) is 11.1. The molecule has 1 aromatic heterocycles. The van der Waals surface area contributed by atoms with Crippen LogP contribution in [0.3, 0.4) is 0 Å². The van der Waals surface area contributed by atoms with E-state index in [1.54, 1.807) is 13.1 Å². The van der Waals surface area contributed by atoms with Crippen LogP contribution in [-0.4, -0.2) is 72.3 Å². The van der Waals surface area contributed by atoms with Crippen LogP contribution in [0.15, 0.2) is 39.9 Å². The van der Waals surface area contributed by atoms with Crippen LogP contribution >= 0.6 is 0 Å². The third-order valence-electron chi connectivity index (χ3n) is 7.13. The van der Waals surface area contributed by atoms with Crippen LogP contribution in [0.5, 0.6) is 0 Å². The number of hydrogen-bond acceptors (Lipinski definition) is 6. The molecule has 9 nitrogen and oxygen atoms in total. The summed E-state index contributed by atoms with van der Waals surface area (Å²) in [6.07, 6.45) is 2.47. The zero-order chi connectivity index (χ0) is 24.9. The Kier molecular flexibility index (Phi) is 7.90. The Hall–Kier alpha value is -3.14. The Morgan fingerprint density at radius 2 is 1.77 bits per heavy atom. The second-order valence-corrected chi connectivity index (χ2v) is 9.45. The Labute approximate surface area is 204 Å². The zero-order valence-corrected chi connectivity index (χ0v) is 20.6. The van der Waals surface area contributed by atoms with Crippen molar-refractivity contribution in [3.8, 4) is 0 Å². The average molecular weight is 487 g/mol. The normalized spacial score (nSPS) is 19.1. The Balaban J connectivity index is 1.21. The van der Waals surface area contributed by atoms with E-state index in [0.717, 1.165) is 56.6 Å². The summed E-state index contributed by atoms with van der Waals surface area (Å²) < 4.78 is 16.6. The molecule has 1 atom stereocenters. The van der Waals surface area contributed by atoms with Crippen molar-refractivity contribution in [2.24, 2.45) is 20.0 Å². The van der Waals surface area contributed by atoms with Gasteiger partial charge < -0.3 is 15.1 Å². The SMILES string of the molecule is Cn1c(N2CCC[C@@H](C(=O)NCCCN3CCN(c4ccccc4F)CC3)C2)cc(=O)n(C)c1=O. The molecule has 2 saturated heterocycles. The van der Waals surface area contributed by atoms with Crippen LogP contribution in [0.1, 0.15) is 19.3 Å². The third kappa shape index (κ3) is 5.75. The monoisotopic (exact) mass is 486 g/mol. The fourth-order valence-electron chi connectivity index (χ4n) is 5.00. The van der Waals surface area contributed by atoms with Gasteiger partial charge in [0.1, 0.15) is 11.6 Å². The van der Waals surface area contributed by atoms with Crippen LogP contribution in [-0.2, 0) is 18.9 Å². The second-order valence-electron chi connectivity index (χ2n) is 9.45. The van der Waals surface area contributed by atoms with Gasteiger partial charge in [0.15, 0.2) is 0 Å². The molecule has 3 heterocycles. The lowest BCUT2D eigenvalue weighted by Gasteiger charge is -2.36. The molecule has 2 aromatic rings. The number of amides is 1. The number of nitrogens with one attached hydrogen (secondary N) is 1. The number of carbonyl (C=O) groups is 1. The first-order valence-corrected chi connectivity index (χ1v) is 12.4. The van der Waals surface area contributed by atoms with Crippen molar-refractivity contribution in [1.82, 2.24) is 19.4 Å². The first-order valence-electron chi connectivity index (χ1n) is 12.4. The molecule has 2 aliphatic rings. The fraction of sp³-hybridized carbons (Fsp3) is 0.560. The summed E-state index contributed by atoms with van der Waals surface area (Å²) in [7, 11) is 3.11. The molecule has 190 valence electrons. The number of carbonyl (C=O) groups excluding carboxylic acids is 1. The van der Waals surface area contributed by atoms with Gasteiger partial charge in [0, 0.05) is 66.0 Å². The van der Waals surface area contributed by atoms with E-state index in [-0.39, 0.29) is 28.9 Å². The van der Waals surface area contributed by atoms with Gasteiger partial charge in [-0.2, -0.15) is 0 Å². The lowest BCUT2D eigenvalue weighted by Crippen LogP contribution is -2.48. The molecule has 0 unspecified atom stereocenters. The van der Waals surface area contributed by atoms with Gasteiger partial charge in [-0.3, -0.25) is 23.6 Å². The molecule has 0 radical (unpaired) electrons. The van der Waals surface area contributed by atoms with Gasteiger partial charge in [-0.15, -0.1) is 0 Å². The standard InChI is InChI=1S/C25H35FN6O3/c1-28-22(17-23(33)29(2)25(28)35)32-12-5-7-19(18-32)24(34)27-10-6-11-30-13-15-31(16-14-30)21-9-4-3-8-20(21)26/h3-4,8-9,17,19H,5-7,10-16,18H2,1-2H3,(H,27,34)/t19-/m1/s1. The highest BCUT2D eigenvalue weighted by molar-refractivity contribution is 5.79. The first kappa shape index (κ1) is 25.0. The maximum atomic E-state index is 14.0. The number of piperazine rings is 1. The molecule has 4 rings (SSSR count). The van der Waals surface area contributed by atoms with E-state index in [1.165, 1.54) is 23.7 Å². The fourth-order valence-corrected chi connectivity index (χ4v) is 5.00. The van der Waals surface area contributed by atoms with E-state index in [4.69, 9.17) is 0 Å². The molecule has 1 amide bonds. The van der Waals surface area contributed by atoms with Crippen molar-refractivity contribution in [3.05, 3.63) is 57.0 Å².